The molecule has 1 heteroatoms. The Hall–Kier alpha value is -1.34. The molecule has 1 aliphatic rings. The lowest BCUT2D eigenvalue weighted by Gasteiger charge is -2.20. The second kappa shape index (κ2) is 5.13. The average Bonchev–Trinajstić information content (AvgIpc) is 2.34. The molecule has 1 atom stereocenters. The van der Waals surface area contributed by atoms with Crippen LogP contribution in [0.25, 0.3) is 0 Å². The number of benzene rings is 1. The van der Waals surface area contributed by atoms with Crippen molar-refractivity contribution in [2.75, 3.05) is 6.54 Å². The average molecular weight is 213 g/mol. The fourth-order valence-corrected chi connectivity index (χ4v) is 2.31. The summed E-state index contributed by atoms with van der Waals surface area (Å²) >= 11 is 0. The summed E-state index contributed by atoms with van der Waals surface area (Å²) in [5, 5.41) is 0. The number of aryl methyl sites for hydroxylation is 1. The molecule has 1 nitrogen and oxygen atoms in total. The van der Waals surface area contributed by atoms with E-state index in [1.54, 1.807) is 0 Å². The Morgan fingerprint density at radius 3 is 2.69 bits per heavy atom. The number of nitrogens with two attached hydrogens (primary N) is 1. The summed E-state index contributed by atoms with van der Waals surface area (Å²) in [4.78, 5) is 0. The molecule has 0 radical (unpaired) electrons. The fourth-order valence-electron chi connectivity index (χ4n) is 2.31. The SMILES string of the molecule is Cc1ccccc1C(CN)C1=CCCC=C1. The van der Waals surface area contributed by atoms with Gasteiger partial charge < -0.3 is 5.73 Å². The first kappa shape index (κ1) is 11.2. The molecule has 2 N–H and O–H groups in total. The molecule has 84 valence electrons. The van der Waals surface area contributed by atoms with Crippen molar-refractivity contribution in [1.29, 1.82) is 0 Å². The monoisotopic (exact) mass is 213 g/mol. The highest BCUT2D eigenvalue weighted by Gasteiger charge is 2.15. The van der Waals surface area contributed by atoms with Crippen molar-refractivity contribution in [2.45, 2.75) is 25.7 Å². The fraction of sp³-hybridized carbons (Fsp3) is 0.333. The van der Waals surface area contributed by atoms with Crippen molar-refractivity contribution in [3.8, 4) is 0 Å². The topological polar surface area (TPSA) is 26.0 Å². The smallest absolute Gasteiger partial charge is 0.0211 e. The Morgan fingerprint density at radius 1 is 1.25 bits per heavy atom. The first-order valence-corrected chi connectivity index (χ1v) is 5.95. The van der Waals surface area contributed by atoms with Crippen LogP contribution in [0, 0.1) is 6.92 Å². The molecule has 0 fully saturated rings. The van der Waals surface area contributed by atoms with Crippen molar-refractivity contribution in [1.82, 2.24) is 0 Å². The number of hydrogen-bond acceptors (Lipinski definition) is 1. The van der Waals surface area contributed by atoms with Gasteiger partial charge in [-0.05, 0) is 36.5 Å². The molecule has 0 aliphatic heterocycles. The first-order valence-electron chi connectivity index (χ1n) is 5.95. The van der Waals surface area contributed by atoms with Crippen LogP contribution in [0.5, 0.6) is 0 Å². The van der Waals surface area contributed by atoms with E-state index in [1.807, 2.05) is 0 Å². The maximum Gasteiger partial charge on any atom is 0.0211 e. The number of rotatable bonds is 3. The second-order valence-electron chi connectivity index (χ2n) is 4.33. The number of hydrogen-bond donors (Lipinski definition) is 1. The molecule has 0 amide bonds. The quantitative estimate of drug-likeness (QED) is 0.819. The van der Waals surface area contributed by atoms with Gasteiger partial charge in [0.05, 0.1) is 0 Å². The van der Waals surface area contributed by atoms with Crippen molar-refractivity contribution < 1.29 is 0 Å². The molecule has 0 heterocycles. The summed E-state index contributed by atoms with van der Waals surface area (Å²) < 4.78 is 0. The van der Waals surface area contributed by atoms with E-state index >= 15 is 0 Å². The van der Waals surface area contributed by atoms with Gasteiger partial charge in [0.1, 0.15) is 0 Å². The minimum absolute atomic E-state index is 0.359. The summed E-state index contributed by atoms with van der Waals surface area (Å²) in [6.45, 7) is 2.84. The molecule has 1 aliphatic carbocycles. The van der Waals surface area contributed by atoms with Crippen LogP contribution in [0.15, 0.2) is 48.1 Å². The van der Waals surface area contributed by atoms with E-state index in [-0.39, 0.29) is 0 Å². The number of allylic oxidation sites excluding steroid dienone is 3. The predicted molar refractivity (Wildman–Crippen MR) is 69.4 cm³/mol. The van der Waals surface area contributed by atoms with Gasteiger partial charge in [-0.1, -0.05) is 42.5 Å². The van der Waals surface area contributed by atoms with Gasteiger partial charge in [-0.2, -0.15) is 0 Å². The lowest BCUT2D eigenvalue weighted by Crippen LogP contribution is -2.15. The van der Waals surface area contributed by atoms with Crippen molar-refractivity contribution in [3.05, 3.63) is 59.2 Å². The van der Waals surface area contributed by atoms with Gasteiger partial charge in [-0.3, -0.25) is 0 Å². The van der Waals surface area contributed by atoms with E-state index in [4.69, 9.17) is 5.73 Å². The lowest BCUT2D eigenvalue weighted by molar-refractivity contribution is 0.795. The summed E-state index contributed by atoms with van der Waals surface area (Å²) in [5.41, 5.74) is 10.0. The Kier molecular flexibility index (Phi) is 3.58. The molecule has 0 aromatic heterocycles. The van der Waals surface area contributed by atoms with Crippen LogP contribution in [0.4, 0.5) is 0 Å². The summed E-state index contributed by atoms with van der Waals surface area (Å²) in [5.74, 6) is 0.359. The summed E-state index contributed by atoms with van der Waals surface area (Å²) in [7, 11) is 0. The van der Waals surface area contributed by atoms with Crippen LogP contribution < -0.4 is 5.73 Å². The van der Waals surface area contributed by atoms with E-state index in [2.05, 4.69) is 49.4 Å². The van der Waals surface area contributed by atoms with E-state index < -0.39 is 0 Å². The molecular weight excluding hydrogens is 194 g/mol. The van der Waals surface area contributed by atoms with E-state index in [0.29, 0.717) is 12.5 Å². The highest BCUT2D eigenvalue weighted by molar-refractivity contribution is 5.40. The van der Waals surface area contributed by atoms with E-state index in [1.165, 1.54) is 16.7 Å². The van der Waals surface area contributed by atoms with E-state index in [9.17, 15) is 0 Å². The minimum atomic E-state index is 0.359. The normalized spacial score (nSPS) is 17.0. The second-order valence-corrected chi connectivity index (χ2v) is 4.33. The third-order valence-corrected chi connectivity index (χ3v) is 3.23. The van der Waals surface area contributed by atoms with Gasteiger partial charge in [-0.25, -0.2) is 0 Å². The van der Waals surface area contributed by atoms with Crippen LogP contribution in [0.2, 0.25) is 0 Å². The largest absolute Gasteiger partial charge is 0.330 e. The molecule has 2 rings (SSSR count). The summed E-state index contributed by atoms with van der Waals surface area (Å²) in [6, 6.07) is 8.52. The predicted octanol–water partition coefficient (Wildman–Crippen LogP) is 3.31. The minimum Gasteiger partial charge on any atom is -0.330 e. The van der Waals surface area contributed by atoms with Gasteiger partial charge >= 0.3 is 0 Å². The third kappa shape index (κ3) is 2.25. The lowest BCUT2D eigenvalue weighted by atomic mass is 9.86. The van der Waals surface area contributed by atoms with Gasteiger partial charge in [-0.15, -0.1) is 0 Å². The zero-order valence-corrected chi connectivity index (χ0v) is 9.82. The summed E-state index contributed by atoms with van der Waals surface area (Å²) in [6.07, 6.45) is 9.11. The molecule has 0 saturated carbocycles. The Morgan fingerprint density at radius 2 is 2.06 bits per heavy atom. The van der Waals surface area contributed by atoms with Gasteiger partial charge in [0, 0.05) is 12.5 Å². The molecule has 0 saturated heterocycles. The molecule has 0 spiro atoms. The molecule has 1 aromatic carbocycles. The zero-order chi connectivity index (χ0) is 11.4. The zero-order valence-electron chi connectivity index (χ0n) is 9.82. The standard InChI is InChI=1S/C15H19N/c1-12-7-5-6-10-14(12)15(11-16)13-8-3-2-4-9-13/h3,5-10,15H,2,4,11,16H2,1H3. The Balaban J connectivity index is 2.33. The highest BCUT2D eigenvalue weighted by atomic mass is 14.6. The third-order valence-electron chi connectivity index (χ3n) is 3.23. The van der Waals surface area contributed by atoms with E-state index in [0.717, 1.165) is 12.8 Å². The molecule has 16 heavy (non-hydrogen) atoms. The van der Waals surface area contributed by atoms with Gasteiger partial charge in [0.15, 0.2) is 0 Å². The van der Waals surface area contributed by atoms with Crippen LogP contribution in [0.3, 0.4) is 0 Å². The molecule has 0 bridgehead atoms. The van der Waals surface area contributed by atoms with Crippen LogP contribution in [0.1, 0.15) is 29.9 Å². The first-order chi connectivity index (χ1) is 7.83. The van der Waals surface area contributed by atoms with Crippen molar-refractivity contribution in [3.63, 3.8) is 0 Å². The van der Waals surface area contributed by atoms with Crippen LogP contribution in [-0.2, 0) is 0 Å². The Labute approximate surface area is 97.7 Å². The maximum absolute atomic E-state index is 5.93. The van der Waals surface area contributed by atoms with Crippen molar-refractivity contribution >= 4 is 0 Å². The van der Waals surface area contributed by atoms with Gasteiger partial charge in [0.2, 0.25) is 0 Å². The van der Waals surface area contributed by atoms with Crippen LogP contribution >= 0.6 is 0 Å². The Bertz CT molecular complexity index is 415. The van der Waals surface area contributed by atoms with Crippen LogP contribution in [-0.4, -0.2) is 6.54 Å². The molecular formula is C15H19N. The molecule has 1 unspecified atom stereocenters. The van der Waals surface area contributed by atoms with Crippen molar-refractivity contribution in [2.24, 2.45) is 5.73 Å². The highest BCUT2D eigenvalue weighted by Crippen LogP contribution is 2.29. The maximum atomic E-state index is 5.93. The molecule has 1 aromatic rings. The van der Waals surface area contributed by atoms with Gasteiger partial charge in [0.25, 0.3) is 0 Å².